The van der Waals surface area contributed by atoms with Crippen LogP contribution in [0, 0.1) is 0 Å². The standard InChI is InChI=1S/C16H16N6OS/c23-16(14-10-19-15(24-14)13-9-17-5-6-18-13)21-7-1-3-12(11-21)22-8-2-4-20-22/h2,4-6,8-10,12H,1,3,7,11H2/t12-/m0/s1. The molecule has 4 rings (SSSR count). The first-order chi connectivity index (χ1) is 11.8. The zero-order valence-corrected chi connectivity index (χ0v) is 13.8. The number of aromatic nitrogens is 5. The van der Waals surface area contributed by atoms with E-state index in [1.807, 2.05) is 21.8 Å². The van der Waals surface area contributed by atoms with Crippen LogP contribution in [0.1, 0.15) is 28.6 Å². The molecule has 1 aliphatic rings. The minimum absolute atomic E-state index is 0.0273. The monoisotopic (exact) mass is 340 g/mol. The van der Waals surface area contributed by atoms with Gasteiger partial charge in [-0.15, -0.1) is 11.3 Å². The molecule has 0 N–H and O–H groups in total. The molecule has 0 unspecified atom stereocenters. The van der Waals surface area contributed by atoms with E-state index in [9.17, 15) is 4.79 Å². The van der Waals surface area contributed by atoms with E-state index in [-0.39, 0.29) is 11.9 Å². The van der Waals surface area contributed by atoms with Gasteiger partial charge in [-0.1, -0.05) is 0 Å². The molecule has 122 valence electrons. The summed E-state index contributed by atoms with van der Waals surface area (Å²) in [6.45, 7) is 1.45. The predicted octanol–water partition coefficient (Wildman–Crippen LogP) is 2.27. The van der Waals surface area contributed by atoms with Crippen LogP contribution in [0.5, 0.6) is 0 Å². The van der Waals surface area contributed by atoms with Gasteiger partial charge in [0.2, 0.25) is 0 Å². The summed E-state index contributed by atoms with van der Waals surface area (Å²) >= 11 is 1.36. The number of hydrogen-bond donors (Lipinski definition) is 0. The van der Waals surface area contributed by atoms with Crippen molar-refractivity contribution in [2.45, 2.75) is 18.9 Å². The van der Waals surface area contributed by atoms with Crippen molar-refractivity contribution in [3.8, 4) is 10.7 Å². The quantitative estimate of drug-likeness (QED) is 0.731. The molecule has 1 amide bonds. The number of piperidine rings is 1. The molecule has 0 aromatic carbocycles. The van der Waals surface area contributed by atoms with E-state index in [0.717, 1.165) is 19.4 Å². The van der Waals surface area contributed by atoms with Gasteiger partial charge in [-0.3, -0.25) is 19.4 Å². The smallest absolute Gasteiger partial charge is 0.265 e. The van der Waals surface area contributed by atoms with Crippen molar-refractivity contribution >= 4 is 17.2 Å². The summed E-state index contributed by atoms with van der Waals surface area (Å²) in [5.74, 6) is 0.0273. The average molecular weight is 340 g/mol. The van der Waals surface area contributed by atoms with Crippen molar-refractivity contribution in [2.75, 3.05) is 13.1 Å². The van der Waals surface area contributed by atoms with E-state index in [2.05, 4.69) is 20.1 Å². The maximum Gasteiger partial charge on any atom is 0.265 e. The summed E-state index contributed by atoms with van der Waals surface area (Å²) in [6, 6.07) is 2.15. The van der Waals surface area contributed by atoms with Crippen LogP contribution in [0.25, 0.3) is 10.7 Å². The maximum atomic E-state index is 12.8. The van der Waals surface area contributed by atoms with Crippen molar-refractivity contribution in [1.29, 1.82) is 0 Å². The normalized spacial score (nSPS) is 17.8. The van der Waals surface area contributed by atoms with Gasteiger partial charge in [0.25, 0.3) is 5.91 Å². The van der Waals surface area contributed by atoms with Gasteiger partial charge in [0, 0.05) is 37.9 Å². The van der Waals surface area contributed by atoms with Crippen LogP contribution in [0.3, 0.4) is 0 Å². The third-order valence-electron chi connectivity index (χ3n) is 4.08. The van der Waals surface area contributed by atoms with E-state index >= 15 is 0 Å². The minimum Gasteiger partial charge on any atom is -0.336 e. The van der Waals surface area contributed by atoms with Gasteiger partial charge in [-0.25, -0.2) is 4.98 Å². The zero-order valence-electron chi connectivity index (χ0n) is 12.9. The number of carbonyl (C=O) groups excluding carboxylic acids is 1. The molecule has 0 bridgehead atoms. The van der Waals surface area contributed by atoms with Crippen molar-refractivity contribution in [2.24, 2.45) is 0 Å². The number of likely N-dealkylation sites (tertiary alicyclic amines) is 1. The Labute approximate surface area is 143 Å². The Morgan fingerprint density at radius 3 is 2.96 bits per heavy atom. The Hall–Kier alpha value is -2.61. The first-order valence-electron chi connectivity index (χ1n) is 7.82. The molecule has 1 fully saturated rings. The third-order valence-corrected chi connectivity index (χ3v) is 5.09. The second-order valence-electron chi connectivity index (χ2n) is 5.65. The molecule has 1 atom stereocenters. The van der Waals surface area contributed by atoms with Crippen LogP contribution in [-0.2, 0) is 0 Å². The second-order valence-corrected chi connectivity index (χ2v) is 6.68. The first kappa shape index (κ1) is 14.9. The van der Waals surface area contributed by atoms with Gasteiger partial charge >= 0.3 is 0 Å². The molecule has 4 heterocycles. The van der Waals surface area contributed by atoms with Crippen molar-refractivity contribution in [3.63, 3.8) is 0 Å². The maximum absolute atomic E-state index is 12.8. The molecular formula is C16H16N6OS. The number of carbonyl (C=O) groups is 1. The Morgan fingerprint density at radius 1 is 1.21 bits per heavy atom. The molecule has 7 nitrogen and oxygen atoms in total. The highest BCUT2D eigenvalue weighted by Crippen LogP contribution is 2.26. The summed E-state index contributed by atoms with van der Waals surface area (Å²) in [7, 11) is 0. The van der Waals surface area contributed by atoms with Gasteiger partial charge in [-0.05, 0) is 18.9 Å². The molecule has 8 heteroatoms. The summed E-state index contributed by atoms with van der Waals surface area (Å²) in [4.78, 5) is 27.9. The molecular weight excluding hydrogens is 324 g/mol. The Kier molecular flexibility index (Phi) is 4.04. The van der Waals surface area contributed by atoms with Crippen LogP contribution in [0.15, 0.2) is 43.2 Å². The lowest BCUT2D eigenvalue weighted by Gasteiger charge is -2.32. The van der Waals surface area contributed by atoms with Crippen molar-refractivity contribution < 1.29 is 4.79 Å². The van der Waals surface area contributed by atoms with Gasteiger partial charge in [0.15, 0.2) is 0 Å². The zero-order chi connectivity index (χ0) is 16.4. The van der Waals surface area contributed by atoms with E-state index in [1.165, 1.54) is 11.3 Å². The fourth-order valence-corrected chi connectivity index (χ4v) is 3.75. The van der Waals surface area contributed by atoms with Gasteiger partial charge in [0.05, 0.1) is 18.4 Å². The van der Waals surface area contributed by atoms with Gasteiger partial charge in [0.1, 0.15) is 15.6 Å². The summed E-state index contributed by atoms with van der Waals surface area (Å²) in [5, 5.41) is 5.02. The van der Waals surface area contributed by atoms with Crippen molar-refractivity contribution in [1.82, 2.24) is 29.6 Å². The van der Waals surface area contributed by atoms with E-state index in [4.69, 9.17) is 0 Å². The predicted molar refractivity (Wildman–Crippen MR) is 89.5 cm³/mol. The molecule has 24 heavy (non-hydrogen) atoms. The average Bonchev–Trinajstić information content (AvgIpc) is 3.34. The fraction of sp³-hybridized carbons (Fsp3) is 0.312. The van der Waals surface area contributed by atoms with Crippen molar-refractivity contribution in [3.05, 3.63) is 48.1 Å². The topological polar surface area (TPSA) is 76.8 Å². The van der Waals surface area contributed by atoms with Crippen LogP contribution in [0.2, 0.25) is 0 Å². The molecule has 3 aromatic rings. The number of nitrogens with zero attached hydrogens (tertiary/aromatic N) is 6. The third kappa shape index (κ3) is 2.92. The van der Waals surface area contributed by atoms with E-state index < -0.39 is 0 Å². The lowest BCUT2D eigenvalue weighted by molar-refractivity contribution is 0.0677. The molecule has 3 aromatic heterocycles. The van der Waals surface area contributed by atoms with Crippen LogP contribution < -0.4 is 0 Å². The van der Waals surface area contributed by atoms with Crippen LogP contribution in [-0.4, -0.2) is 48.6 Å². The number of amides is 1. The number of thiazole rings is 1. The van der Waals surface area contributed by atoms with E-state index in [0.29, 0.717) is 22.1 Å². The Bertz CT molecular complexity index is 816. The highest BCUT2D eigenvalue weighted by atomic mass is 32.1. The van der Waals surface area contributed by atoms with Gasteiger partial charge in [-0.2, -0.15) is 5.10 Å². The largest absolute Gasteiger partial charge is 0.336 e. The lowest BCUT2D eigenvalue weighted by Crippen LogP contribution is -2.40. The lowest BCUT2D eigenvalue weighted by atomic mass is 10.1. The Balaban J connectivity index is 1.50. The molecule has 0 spiro atoms. The SMILES string of the molecule is O=C(c1cnc(-c2cnccn2)s1)N1CCC[C@H](n2cccn2)C1. The number of rotatable bonds is 3. The Morgan fingerprint density at radius 2 is 2.17 bits per heavy atom. The molecule has 0 radical (unpaired) electrons. The molecule has 1 saturated heterocycles. The summed E-state index contributed by atoms with van der Waals surface area (Å²) < 4.78 is 1.94. The summed E-state index contributed by atoms with van der Waals surface area (Å²) in [5.41, 5.74) is 0.689. The highest BCUT2D eigenvalue weighted by molar-refractivity contribution is 7.16. The first-order valence-corrected chi connectivity index (χ1v) is 8.63. The van der Waals surface area contributed by atoms with Crippen LogP contribution >= 0.6 is 11.3 Å². The number of hydrogen-bond acceptors (Lipinski definition) is 6. The molecule has 1 aliphatic heterocycles. The summed E-state index contributed by atoms with van der Waals surface area (Å²) in [6.07, 6.45) is 12.3. The fourth-order valence-electron chi connectivity index (χ4n) is 2.91. The van der Waals surface area contributed by atoms with Crippen LogP contribution in [0.4, 0.5) is 0 Å². The second kappa shape index (κ2) is 6.48. The minimum atomic E-state index is 0.0273. The van der Waals surface area contributed by atoms with Gasteiger partial charge < -0.3 is 4.90 Å². The highest BCUT2D eigenvalue weighted by Gasteiger charge is 2.27. The molecule has 0 saturated carbocycles. The molecule has 0 aliphatic carbocycles. The van der Waals surface area contributed by atoms with E-state index in [1.54, 1.807) is 31.0 Å².